The average Bonchev–Trinajstić information content (AvgIpc) is 3.18. The topological polar surface area (TPSA) is 99.3 Å². The third-order valence-electron chi connectivity index (χ3n) is 3.97. The number of thiophene rings is 1. The van der Waals surface area contributed by atoms with Crippen molar-refractivity contribution in [1.29, 1.82) is 0 Å². The van der Waals surface area contributed by atoms with Crippen molar-refractivity contribution in [3.8, 4) is 0 Å². The number of hydrogen-bond acceptors (Lipinski definition) is 4. The number of carboxylic acid groups (broad SMARTS) is 1. The maximum atomic E-state index is 12.5. The summed E-state index contributed by atoms with van der Waals surface area (Å²) in [5.41, 5.74) is 1.62. The van der Waals surface area contributed by atoms with Gasteiger partial charge >= 0.3 is 5.97 Å². The highest BCUT2D eigenvalue weighted by atomic mass is 79.9. The van der Waals surface area contributed by atoms with Crippen LogP contribution in [0.2, 0.25) is 0 Å². The maximum Gasteiger partial charge on any atom is 0.322 e. The summed E-state index contributed by atoms with van der Waals surface area (Å²) in [7, 11) is -3.93. The first-order valence-corrected chi connectivity index (χ1v) is 10.5. The van der Waals surface area contributed by atoms with Crippen molar-refractivity contribution in [2.75, 3.05) is 0 Å². The number of para-hydroxylation sites is 1. The standard InChI is InChI=1S/C16H15BrN2O4S2/c1-9(11-8-18-12-5-3-2-4-10(11)12)15(16(20)21)19-25(22,23)14-7-6-13(17)24-14/h2-9,15,18-19H,1H3,(H,20,21). The van der Waals surface area contributed by atoms with Crippen molar-refractivity contribution in [1.82, 2.24) is 9.71 Å². The molecule has 0 saturated heterocycles. The quantitative estimate of drug-likeness (QED) is 0.543. The van der Waals surface area contributed by atoms with Gasteiger partial charge in [-0.3, -0.25) is 4.79 Å². The Kier molecular flexibility index (Phi) is 5.01. The lowest BCUT2D eigenvalue weighted by Gasteiger charge is -2.21. The van der Waals surface area contributed by atoms with Gasteiger partial charge in [0.15, 0.2) is 0 Å². The Hall–Kier alpha value is -1.68. The van der Waals surface area contributed by atoms with Crippen LogP contribution in [0.15, 0.2) is 50.6 Å². The van der Waals surface area contributed by atoms with Gasteiger partial charge in [-0.05, 0) is 39.7 Å². The lowest BCUT2D eigenvalue weighted by atomic mass is 9.93. The summed E-state index contributed by atoms with van der Waals surface area (Å²) in [4.78, 5) is 14.8. The molecule has 9 heteroatoms. The van der Waals surface area contributed by atoms with Crippen LogP contribution >= 0.6 is 27.3 Å². The Balaban J connectivity index is 1.95. The Bertz CT molecular complexity index is 1030. The molecule has 6 nitrogen and oxygen atoms in total. The van der Waals surface area contributed by atoms with E-state index in [1.807, 2.05) is 24.3 Å². The molecule has 0 amide bonds. The van der Waals surface area contributed by atoms with Crippen molar-refractivity contribution < 1.29 is 18.3 Å². The van der Waals surface area contributed by atoms with E-state index in [1.54, 1.807) is 19.2 Å². The van der Waals surface area contributed by atoms with Gasteiger partial charge in [-0.25, -0.2) is 8.42 Å². The second kappa shape index (κ2) is 6.91. The number of sulfonamides is 1. The molecule has 0 aliphatic heterocycles. The van der Waals surface area contributed by atoms with Crippen LogP contribution in [0, 0.1) is 0 Å². The van der Waals surface area contributed by atoms with Crippen molar-refractivity contribution in [2.24, 2.45) is 0 Å². The number of nitrogens with one attached hydrogen (secondary N) is 2. The minimum atomic E-state index is -3.93. The third kappa shape index (κ3) is 3.64. The van der Waals surface area contributed by atoms with Crippen LogP contribution in [0.1, 0.15) is 18.4 Å². The molecule has 25 heavy (non-hydrogen) atoms. The molecular weight excluding hydrogens is 428 g/mol. The fourth-order valence-corrected chi connectivity index (χ4v) is 5.98. The molecule has 3 aromatic rings. The monoisotopic (exact) mass is 442 g/mol. The van der Waals surface area contributed by atoms with Gasteiger partial charge in [-0.15, -0.1) is 11.3 Å². The summed E-state index contributed by atoms with van der Waals surface area (Å²) in [5, 5.41) is 10.5. The minimum Gasteiger partial charge on any atom is -0.480 e. The minimum absolute atomic E-state index is 0.0664. The fourth-order valence-electron chi connectivity index (χ4n) is 2.68. The molecule has 2 unspecified atom stereocenters. The molecule has 0 spiro atoms. The van der Waals surface area contributed by atoms with E-state index in [2.05, 4.69) is 25.6 Å². The zero-order valence-corrected chi connectivity index (χ0v) is 16.3. The fraction of sp³-hybridized carbons (Fsp3) is 0.188. The molecule has 3 rings (SSSR count). The van der Waals surface area contributed by atoms with Gasteiger partial charge in [0.05, 0.1) is 3.79 Å². The van der Waals surface area contributed by atoms with Crippen LogP contribution in [0.25, 0.3) is 10.9 Å². The van der Waals surface area contributed by atoms with Crippen molar-refractivity contribution in [3.05, 3.63) is 51.9 Å². The van der Waals surface area contributed by atoms with Crippen molar-refractivity contribution in [2.45, 2.75) is 23.1 Å². The largest absolute Gasteiger partial charge is 0.480 e. The normalized spacial score (nSPS) is 14.5. The highest BCUT2D eigenvalue weighted by Crippen LogP contribution is 2.30. The molecular formula is C16H15BrN2O4S2. The molecule has 0 aliphatic rings. The summed E-state index contributed by atoms with van der Waals surface area (Å²) in [6.07, 6.45) is 1.72. The van der Waals surface area contributed by atoms with Crippen LogP contribution in [0.5, 0.6) is 0 Å². The maximum absolute atomic E-state index is 12.5. The molecule has 1 aromatic carbocycles. The highest BCUT2D eigenvalue weighted by Gasteiger charge is 2.32. The second-order valence-electron chi connectivity index (χ2n) is 5.57. The Labute approximate surface area is 157 Å². The summed E-state index contributed by atoms with van der Waals surface area (Å²) in [5.74, 6) is -1.79. The molecule has 0 radical (unpaired) electrons. The molecule has 2 atom stereocenters. The number of hydrogen-bond donors (Lipinski definition) is 3. The van der Waals surface area contributed by atoms with Gasteiger partial charge in [0.2, 0.25) is 0 Å². The molecule has 2 heterocycles. The van der Waals surface area contributed by atoms with Crippen LogP contribution in [0.4, 0.5) is 0 Å². The lowest BCUT2D eigenvalue weighted by molar-refractivity contribution is -0.139. The number of rotatable bonds is 6. The molecule has 3 N–H and O–H groups in total. The number of H-pyrrole nitrogens is 1. The highest BCUT2D eigenvalue weighted by molar-refractivity contribution is 9.11. The van der Waals surface area contributed by atoms with E-state index in [4.69, 9.17) is 0 Å². The predicted octanol–water partition coefficient (Wildman–Crippen LogP) is 3.53. The average molecular weight is 443 g/mol. The van der Waals surface area contributed by atoms with Crippen molar-refractivity contribution >= 4 is 54.2 Å². The van der Waals surface area contributed by atoms with E-state index in [-0.39, 0.29) is 4.21 Å². The third-order valence-corrected chi connectivity index (χ3v) is 7.53. The zero-order valence-electron chi connectivity index (χ0n) is 13.1. The van der Waals surface area contributed by atoms with Crippen LogP contribution in [0.3, 0.4) is 0 Å². The molecule has 2 aromatic heterocycles. The second-order valence-corrected chi connectivity index (χ2v) is 9.98. The van der Waals surface area contributed by atoms with E-state index in [0.29, 0.717) is 3.79 Å². The van der Waals surface area contributed by atoms with Gasteiger partial charge in [0.1, 0.15) is 10.3 Å². The van der Waals surface area contributed by atoms with Gasteiger partial charge in [-0.2, -0.15) is 4.72 Å². The first-order chi connectivity index (χ1) is 11.8. The van der Waals surface area contributed by atoms with Crippen LogP contribution in [-0.2, 0) is 14.8 Å². The predicted molar refractivity (Wildman–Crippen MR) is 100 cm³/mol. The zero-order chi connectivity index (χ0) is 18.2. The number of aliphatic carboxylic acids is 1. The number of aromatic nitrogens is 1. The van der Waals surface area contributed by atoms with E-state index in [9.17, 15) is 18.3 Å². The number of fused-ring (bicyclic) bond motifs is 1. The van der Waals surface area contributed by atoms with Crippen molar-refractivity contribution in [3.63, 3.8) is 0 Å². The summed E-state index contributed by atoms with van der Waals surface area (Å²) < 4.78 is 28.1. The Morgan fingerprint density at radius 3 is 2.64 bits per heavy atom. The first kappa shape index (κ1) is 18.1. The molecule has 0 bridgehead atoms. The van der Waals surface area contributed by atoms with E-state index in [0.717, 1.165) is 27.8 Å². The van der Waals surface area contributed by atoms with E-state index < -0.39 is 28.0 Å². The molecule has 0 saturated carbocycles. The van der Waals surface area contributed by atoms with Gasteiger partial charge in [0, 0.05) is 23.0 Å². The lowest BCUT2D eigenvalue weighted by Crippen LogP contribution is -2.43. The van der Waals surface area contributed by atoms with Crippen LogP contribution < -0.4 is 4.72 Å². The first-order valence-electron chi connectivity index (χ1n) is 7.36. The Morgan fingerprint density at radius 2 is 2.00 bits per heavy atom. The van der Waals surface area contributed by atoms with E-state index in [1.165, 1.54) is 6.07 Å². The molecule has 0 fully saturated rings. The summed E-state index contributed by atoms with van der Waals surface area (Å²) >= 11 is 4.24. The number of carbonyl (C=O) groups is 1. The number of carboxylic acids is 1. The van der Waals surface area contributed by atoms with Gasteiger partial charge in [-0.1, -0.05) is 25.1 Å². The summed E-state index contributed by atoms with van der Waals surface area (Å²) in [6, 6.07) is 9.25. The number of aromatic amines is 1. The molecule has 132 valence electrons. The van der Waals surface area contributed by atoms with E-state index >= 15 is 0 Å². The van der Waals surface area contributed by atoms with Gasteiger partial charge < -0.3 is 10.1 Å². The number of benzene rings is 1. The van der Waals surface area contributed by atoms with Gasteiger partial charge in [0.25, 0.3) is 10.0 Å². The van der Waals surface area contributed by atoms with Crippen LogP contribution in [-0.4, -0.2) is 30.5 Å². The summed E-state index contributed by atoms with van der Waals surface area (Å²) in [6.45, 7) is 1.70. The smallest absolute Gasteiger partial charge is 0.322 e. The SMILES string of the molecule is CC(c1c[nH]c2ccccc12)C(NS(=O)(=O)c1ccc(Br)s1)C(=O)O. The Morgan fingerprint density at radius 1 is 1.28 bits per heavy atom. The molecule has 0 aliphatic carbocycles. The number of halogens is 1.